The molecule has 0 radical (unpaired) electrons. The summed E-state index contributed by atoms with van der Waals surface area (Å²) in [5, 5.41) is 10.8. The molecular weight excluding hydrogens is 444 g/mol. The molecule has 0 aliphatic rings. The van der Waals surface area contributed by atoms with Crippen LogP contribution in [0.5, 0.6) is 11.5 Å². The van der Waals surface area contributed by atoms with Gasteiger partial charge in [-0.15, -0.1) is 0 Å². The molecule has 0 saturated carbocycles. The number of methoxy groups -OCH3 is 1. The predicted molar refractivity (Wildman–Crippen MR) is 134 cm³/mol. The highest BCUT2D eigenvalue weighted by atomic mass is 16.5. The lowest BCUT2D eigenvalue weighted by atomic mass is 9.91. The summed E-state index contributed by atoms with van der Waals surface area (Å²) >= 11 is 0. The zero-order valence-electron chi connectivity index (χ0n) is 20.2. The number of rotatable bonds is 10. The fourth-order valence-corrected chi connectivity index (χ4v) is 3.41. The molecule has 0 bridgehead atoms. The number of carbonyl (C=O) groups excluding carboxylic acids is 2. The minimum absolute atomic E-state index is 0.124. The summed E-state index contributed by atoms with van der Waals surface area (Å²) in [5.74, 6) is -0.416. The highest BCUT2D eigenvalue weighted by Crippen LogP contribution is 2.37. The van der Waals surface area contributed by atoms with E-state index in [1.54, 1.807) is 55.5 Å². The van der Waals surface area contributed by atoms with Gasteiger partial charge in [-0.05, 0) is 49.2 Å². The molecule has 3 aromatic rings. The number of ether oxygens (including phenoxy) is 3. The molecule has 3 rings (SSSR count). The first-order valence-electron chi connectivity index (χ1n) is 11.4. The van der Waals surface area contributed by atoms with E-state index in [2.05, 4.69) is 0 Å². The molecular formula is C29H30O6. The summed E-state index contributed by atoms with van der Waals surface area (Å²) in [4.78, 5) is 25.3. The first-order chi connectivity index (χ1) is 16.8. The Labute approximate surface area is 205 Å². The average Bonchev–Trinajstić information content (AvgIpc) is 2.88. The van der Waals surface area contributed by atoms with Gasteiger partial charge in [0.05, 0.1) is 18.3 Å². The second kappa shape index (κ2) is 12.0. The van der Waals surface area contributed by atoms with Crippen molar-refractivity contribution in [2.45, 2.75) is 38.9 Å². The topological polar surface area (TPSA) is 82.1 Å². The predicted octanol–water partition coefficient (Wildman–Crippen LogP) is 5.37. The van der Waals surface area contributed by atoms with Gasteiger partial charge in [0.15, 0.2) is 0 Å². The van der Waals surface area contributed by atoms with Crippen molar-refractivity contribution in [1.29, 1.82) is 0 Å². The molecule has 35 heavy (non-hydrogen) atoms. The van der Waals surface area contributed by atoms with Crippen molar-refractivity contribution >= 4 is 18.0 Å². The number of hydrogen-bond donors (Lipinski definition) is 1. The maximum absolute atomic E-state index is 12.9. The first kappa shape index (κ1) is 25.7. The van der Waals surface area contributed by atoms with Gasteiger partial charge in [0.2, 0.25) is 0 Å². The van der Waals surface area contributed by atoms with Crippen molar-refractivity contribution in [1.82, 2.24) is 0 Å². The third-order valence-electron chi connectivity index (χ3n) is 5.62. The first-order valence-corrected chi connectivity index (χ1v) is 11.4. The van der Waals surface area contributed by atoms with Crippen molar-refractivity contribution in [2.75, 3.05) is 7.11 Å². The molecule has 0 fully saturated rings. The quantitative estimate of drug-likeness (QED) is 0.242. The molecule has 6 heteroatoms. The van der Waals surface area contributed by atoms with Gasteiger partial charge in [-0.3, -0.25) is 0 Å². The van der Waals surface area contributed by atoms with E-state index in [1.807, 2.05) is 37.3 Å². The van der Waals surface area contributed by atoms with Crippen molar-refractivity contribution in [3.8, 4) is 11.5 Å². The number of benzene rings is 3. The molecule has 182 valence electrons. The van der Waals surface area contributed by atoms with Gasteiger partial charge in [-0.1, -0.05) is 55.5 Å². The van der Waals surface area contributed by atoms with Gasteiger partial charge in [-0.25, -0.2) is 9.59 Å². The summed E-state index contributed by atoms with van der Waals surface area (Å²) in [6.45, 7) is 3.45. The molecule has 0 spiro atoms. The van der Waals surface area contributed by atoms with Gasteiger partial charge in [-0.2, -0.15) is 0 Å². The van der Waals surface area contributed by atoms with Crippen molar-refractivity contribution < 1.29 is 28.9 Å². The Hall–Kier alpha value is -3.90. The van der Waals surface area contributed by atoms with E-state index >= 15 is 0 Å². The van der Waals surface area contributed by atoms with Gasteiger partial charge in [0, 0.05) is 23.6 Å². The molecule has 1 N–H and O–H groups in total. The van der Waals surface area contributed by atoms with Crippen LogP contribution in [0.25, 0.3) is 6.08 Å². The van der Waals surface area contributed by atoms with E-state index in [-0.39, 0.29) is 18.8 Å². The number of aliphatic hydroxyl groups is 1. The highest BCUT2D eigenvalue weighted by molar-refractivity contribution is 5.91. The summed E-state index contributed by atoms with van der Waals surface area (Å²) in [5.41, 5.74) is 1.19. The molecule has 0 aliphatic heterocycles. The molecule has 0 amide bonds. The number of hydrogen-bond acceptors (Lipinski definition) is 6. The summed E-state index contributed by atoms with van der Waals surface area (Å²) < 4.78 is 16.8. The van der Waals surface area contributed by atoms with Crippen molar-refractivity contribution in [3.63, 3.8) is 0 Å². The van der Waals surface area contributed by atoms with Gasteiger partial charge in [0.1, 0.15) is 18.1 Å². The Morgan fingerprint density at radius 1 is 0.971 bits per heavy atom. The molecule has 6 nitrogen and oxygen atoms in total. The highest BCUT2D eigenvalue weighted by Gasteiger charge is 2.27. The summed E-state index contributed by atoms with van der Waals surface area (Å²) in [6, 6.07) is 21.4. The molecule has 0 aromatic heterocycles. The van der Waals surface area contributed by atoms with Crippen molar-refractivity contribution in [3.05, 3.63) is 101 Å². The fraction of sp³-hybridized carbons (Fsp3) is 0.241. The molecule has 0 aliphatic carbocycles. The van der Waals surface area contributed by atoms with E-state index in [0.29, 0.717) is 28.9 Å². The largest absolute Gasteiger partial charge is 0.496 e. The Morgan fingerprint density at radius 3 is 2.26 bits per heavy atom. The Balaban J connectivity index is 1.90. The SMILES string of the molecule is CCC(C)(O)Cc1c(OC)ccc(COC(=O)/C=C\c2ccccc2)c1OC(=O)c1ccccc1. The lowest BCUT2D eigenvalue weighted by molar-refractivity contribution is -0.138. The lowest BCUT2D eigenvalue weighted by Crippen LogP contribution is -2.27. The third-order valence-corrected chi connectivity index (χ3v) is 5.62. The maximum atomic E-state index is 12.9. The summed E-state index contributed by atoms with van der Waals surface area (Å²) in [7, 11) is 1.51. The van der Waals surface area contributed by atoms with Crippen LogP contribution in [0.3, 0.4) is 0 Å². The van der Waals surface area contributed by atoms with Crippen LogP contribution in [0.2, 0.25) is 0 Å². The zero-order valence-corrected chi connectivity index (χ0v) is 20.2. The monoisotopic (exact) mass is 474 g/mol. The second-order valence-electron chi connectivity index (χ2n) is 8.37. The lowest BCUT2D eigenvalue weighted by Gasteiger charge is -2.25. The molecule has 0 saturated heterocycles. The number of carbonyl (C=O) groups is 2. The number of esters is 2. The van der Waals surface area contributed by atoms with Gasteiger partial charge in [0.25, 0.3) is 0 Å². The van der Waals surface area contributed by atoms with Crippen LogP contribution in [0.4, 0.5) is 0 Å². The molecule has 1 atom stereocenters. The van der Waals surface area contributed by atoms with E-state index in [1.165, 1.54) is 13.2 Å². The van der Waals surface area contributed by atoms with Crippen LogP contribution in [0.15, 0.2) is 78.9 Å². The minimum atomic E-state index is -1.06. The van der Waals surface area contributed by atoms with E-state index in [4.69, 9.17) is 14.2 Å². The van der Waals surface area contributed by atoms with Crippen LogP contribution in [0.1, 0.15) is 47.3 Å². The second-order valence-corrected chi connectivity index (χ2v) is 8.37. The third kappa shape index (κ3) is 7.29. The normalized spacial score (nSPS) is 12.7. The van der Waals surface area contributed by atoms with Crippen LogP contribution in [-0.4, -0.2) is 29.8 Å². The average molecular weight is 475 g/mol. The minimum Gasteiger partial charge on any atom is -0.496 e. The molecule has 0 heterocycles. The Kier molecular flexibility index (Phi) is 8.81. The van der Waals surface area contributed by atoms with Crippen LogP contribution >= 0.6 is 0 Å². The van der Waals surface area contributed by atoms with Crippen molar-refractivity contribution in [2.24, 2.45) is 0 Å². The molecule has 1 unspecified atom stereocenters. The Morgan fingerprint density at radius 2 is 1.63 bits per heavy atom. The smallest absolute Gasteiger partial charge is 0.343 e. The van der Waals surface area contributed by atoms with E-state index < -0.39 is 17.5 Å². The van der Waals surface area contributed by atoms with Crippen LogP contribution in [0, 0.1) is 0 Å². The zero-order chi connectivity index (χ0) is 25.3. The molecule has 3 aromatic carbocycles. The van der Waals surface area contributed by atoms with Crippen LogP contribution < -0.4 is 9.47 Å². The van der Waals surface area contributed by atoms with Gasteiger partial charge >= 0.3 is 11.9 Å². The van der Waals surface area contributed by atoms with E-state index in [9.17, 15) is 14.7 Å². The Bertz CT molecular complexity index is 1170. The van der Waals surface area contributed by atoms with Crippen LogP contribution in [-0.2, 0) is 22.6 Å². The summed E-state index contributed by atoms with van der Waals surface area (Å²) in [6.07, 6.45) is 3.67. The fourth-order valence-electron chi connectivity index (χ4n) is 3.41. The van der Waals surface area contributed by atoms with Gasteiger partial charge < -0.3 is 19.3 Å². The van der Waals surface area contributed by atoms with E-state index in [0.717, 1.165) is 5.56 Å². The maximum Gasteiger partial charge on any atom is 0.343 e. The standard InChI is InChI=1S/C29H30O6/c1-4-29(2,32)19-24-25(33-3)17-16-23(27(24)35-28(31)22-13-9-6-10-14-22)20-34-26(30)18-15-21-11-7-5-8-12-21/h5-18,32H,4,19-20H2,1-3H3/b18-15-.